The van der Waals surface area contributed by atoms with Crippen LogP contribution in [0.3, 0.4) is 0 Å². The minimum atomic E-state index is -5.00. The molecule has 1 unspecified atom stereocenters. The van der Waals surface area contributed by atoms with Crippen LogP contribution in [0.5, 0.6) is 0 Å². The van der Waals surface area contributed by atoms with E-state index >= 15 is 0 Å². The molecule has 0 aromatic carbocycles. The van der Waals surface area contributed by atoms with Crippen LogP contribution in [0.25, 0.3) is 0 Å². The Morgan fingerprint density at radius 1 is 1.44 bits per heavy atom. The van der Waals surface area contributed by atoms with E-state index in [1.165, 1.54) is 6.07 Å². The standard InChI is InChI=1S/C5H3BrFN.C4H6F3NO2/c6-5-2-1-4(7)3-8-5;1-3(10,2(8)9)4(5,6)7/h1-3H;10H,1H3,(H2,8,9). The van der Waals surface area contributed by atoms with Crippen molar-refractivity contribution in [2.45, 2.75) is 18.7 Å². The van der Waals surface area contributed by atoms with Crippen molar-refractivity contribution in [2.75, 3.05) is 0 Å². The van der Waals surface area contributed by atoms with Crippen LogP contribution in [0.4, 0.5) is 17.6 Å². The van der Waals surface area contributed by atoms with E-state index < -0.39 is 17.7 Å². The predicted molar refractivity (Wildman–Crippen MR) is 57.8 cm³/mol. The molecule has 18 heavy (non-hydrogen) atoms. The van der Waals surface area contributed by atoms with Crippen molar-refractivity contribution < 1.29 is 27.5 Å². The summed E-state index contributed by atoms with van der Waals surface area (Å²) in [5, 5.41) is 8.33. The third kappa shape index (κ3) is 4.96. The topological polar surface area (TPSA) is 76.2 Å². The Labute approximate surface area is 108 Å². The maximum absolute atomic E-state index is 12.0. The Morgan fingerprint density at radius 3 is 2.11 bits per heavy atom. The van der Waals surface area contributed by atoms with Gasteiger partial charge in [-0.05, 0) is 35.0 Å². The molecular formula is C9H9BrF4N2O2. The number of pyridine rings is 1. The van der Waals surface area contributed by atoms with Gasteiger partial charge in [0.25, 0.3) is 5.91 Å². The van der Waals surface area contributed by atoms with E-state index in [1.807, 2.05) is 0 Å². The minimum absolute atomic E-state index is 0.301. The zero-order chi connectivity index (χ0) is 14.6. The lowest BCUT2D eigenvalue weighted by Crippen LogP contribution is -2.52. The highest BCUT2D eigenvalue weighted by atomic mass is 79.9. The van der Waals surface area contributed by atoms with Crippen LogP contribution in [0.2, 0.25) is 0 Å². The van der Waals surface area contributed by atoms with Crippen molar-refractivity contribution in [3.05, 3.63) is 28.7 Å². The van der Waals surface area contributed by atoms with Gasteiger partial charge in [-0.25, -0.2) is 9.37 Å². The van der Waals surface area contributed by atoms with Gasteiger partial charge in [-0.15, -0.1) is 0 Å². The summed E-state index contributed by atoms with van der Waals surface area (Å²) in [6.07, 6.45) is -3.84. The highest BCUT2D eigenvalue weighted by Gasteiger charge is 2.54. The Kier molecular flexibility index (Phi) is 5.68. The number of amides is 1. The average Bonchev–Trinajstić information content (AvgIpc) is 2.21. The van der Waals surface area contributed by atoms with E-state index in [0.29, 0.717) is 11.5 Å². The fourth-order valence-electron chi connectivity index (χ4n) is 0.497. The molecule has 0 radical (unpaired) electrons. The fourth-order valence-corrected chi connectivity index (χ4v) is 0.732. The largest absolute Gasteiger partial charge is 0.426 e. The number of aliphatic hydroxyl groups is 1. The maximum atomic E-state index is 12.0. The van der Waals surface area contributed by atoms with E-state index in [9.17, 15) is 22.4 Å². The van der Waals surface area contributed by atoms with Gasteiger partial charge in [0.1, 0.15) is 10.4 Å². The molecule has 0 saturated carbocycles. The lowest BCUT2D eigenvalue weighted by atomic mass is 10.1. The van der Waals surface area contributed by atoms with E-state index in [0.717, 1.165) is 6.20 Å². The summed E-state index contributed by atoms with van der Waals surface area (Å²) in [5.74, 6) is -2.12. The second kappa shape index (κ2) is 6.10. The van der Waals surface area contributed by atoms with E-state index in [-0.39, 0.29) is 5.82 Å². The molecular weight excluding hydrogens is 324 g/mol. The highest BCUT2D eigenvalue weighted by molar-refractivity contribution is 9.10. The van der Waals surface area contributed by atoms with Gasteiger partial charge >= 0.3 is 6.18 Å². The summed E-state index contributed by atoms with van der Waals surface area (Å²) in [5.41, 5.74) is 0.824. The number of primary amides is 1. The first kappa shape index (κ1) is 16.8. The number of nitrogens with two attached hydrogens (primary N) is 1. The number of nitrogens with zero attached hydrogens (tertiary/aromatic N) is 1. The second-order valence-electron chi connectivity index (χ2n) is 3.23. The fraction of sp³-hybridized carbons (Fsp3) is 0.333. The molecule has 0 spiro atoms. The Hall–Kier alpha value is -1.22. The molecule has 4 nitrogen and oxygen atoms in total. The lowest BCUT2D eigenvalue weighted by Gasteiger charge is -2.21. The zero-order valence-corrected chi connectivity index (χ0v) is 10.6. The van der Waals surface area contributed by atoms with Gasteiger partial charge in [-0.3, -0.25) is 4.79 Å². The molecule has 1 heterocycles. The summed E-state index contributed by atoms with van der Waals surface area (Å²) in [6, 6.07) is 2.90. The van der Waals surface area contributed by atoms with Crippen LogP contribution in [0.1, 0.15) is 6.92 Å². The smallest absolute Gasteiger partial charge is 0.373 e. The average molecular weight is 333 g/mol. The van der Waals surface area contributed by atoms with Gasteiger partial charge in [0.05, 0.1) is 6.20 Å². The lowest BCUT2D eigenvalue weighted by molar-refractivity contribution is -0.243. The van der Waals surface area contributed by atoms with Gasteiger partial charge in [0, 0.05) is 0 Å². The molecule has 1 rings (SSSR count). The van der Waals surface area contributed by atoms with E-state index in [4.69, 9.17) is 5.11 Å². The summed E-state index contributed by atoms with van der Waals surface area (Å²) >= 11 is 3.07. The molecule has 1 aromatic heterocycles. The molecule has 0 aliphatic rings. The van der Waals surface area contributed by atoms with E-state index in [1.54, 1.807) is 6.07 Å². The molecule has 0 bridgehead atoms. The van der Waals surface area contributed by atoms with Crippen molar-refractivity contribution in [1.82, 2.24) is 4.98 Å². The van der Waals surface area contributed by atoms with Crippen molar-refractivity contribution >= 4 is 21.8 Å². The first-order valence-electron chi connectivity index (χ1n) is 4.34. The number of halogens is 5. The van der Waals surface area contributed by atoms with Crippen LogP contribution >= 0.6 is 15.9 Å². The molecule has 1 amide bonds. The molecule has 0 saturated heterocycles. The van der Waals surface area contributed by atoms with Gasteiger partial charge in [0.2, 0.25) is 5.60 Å². The van der Waals surface area contributed by atoms with Crippen molar-refractivity contribution in [3.63, 3.8) is 0 Å². The van der Waals surface area contributed by atoms with Crippen LogP contribution in [-0.4, -0.2) is 27.8 Å². The number of aromatic nitrogens is 1. The number of carbonyl (C=O) groups is 1. The van der Waals surface area contributed by atoms with Gasteiger partial charge in [0.15, 0.2) is 0 Å². The van der Waals surface area contributed by atoms with Crippen molar-refractivity contribution in [1.29, 1.82) is 0 Å². The third-order valence-electron chi connectivity index (χ3n) is 1.72. The molecule has 9 heteroatoms. The third-order valence-corrected chi connectivity index (χ3v) is 2.19. The zero-order valence-electron chi connectivity index (χ0n) is 9.00. The van der Waals surface area contributed by atoms with Crippen molar-refractivity contribution in [2.24, 2.45) is 5.73 Å². The van der Waals surface area contributed by atoms with Gasteiger partial charge in [-0.1, -0.05) is 0 Å². The normalized spacial score (nSPS) is 14.2. The molecule has 0 aliphatic carbocycles. The quantitative estimate of drug-likeness (QED) is 0.607. The summed E-state index contributed by atoms with van der Waals surface area (Å²) in [7, 11) is 0. The molecule has 0 aliphatic heterocycles. The first-order valence-corrected chi connectivity index (χ1v) is 5.14. The summed E-state index contributed by atoms with van der Waals surface area (Å²) in [6.45, 7) is 0.301. The first-order chi connectivity index (χ1) is 7.98. The monoisotopic (exact) mass is 332 g/mol. The number of hydrogen-bond acceptors (Lipinski definition) is 3. The molecule has 1 atom stereocenters. The van der Waals surface area contributed by atoms with Gasteiger partial charge < -0.3 is 10.8 Å². The minimum Gasteiger partial charge on any atom is -0.373 e. The number of hydrogen-bond donors (Lipinski definition) is 2. The molecule has 3 N–H and O–H groups in total. The van der Waals surface area contributed by atoms with Crippen molar-refractivity contribution in [3.8, 4) is 0 Å². The van der Waals surface area contributed by atoms with Crippen LogP contribution in [-0.2, 0) is 4.79 Å². The van der Waals surface area contributed by atoms with Crippen LogP contribution in [0, 0.1) is 5.82 Å². The second-order valence-corrected chi connectivity index (χ2v) is 4.05. The number of carbonyl (C=O) groups excluding carboxylic acids is 1. The Bertz CT molecular complexity index is 385. The SMILES string of the molecule is CC(O)(C(N)=O)C(F)(F)F.Fc1ccc(Br)nc1. The Balaban J connectivity index is 0.000000327. The Morgan fingerprint density at radius 2 is 1.94 bits per heavy atom. The van der Waals surface area contributed by atoms with Gasteiger partial charge in [-0.2, -0.15) is 13.2 Å². The van der Waals surface area contributed by atoms with Crippen LogP contribution < -0.4 is 5.73 Å². The molecule has 1 aromatic rings. The summed E-state index contributed by atoms with van der Waals surface area (Å²) in [4.78, 5) is 13.5. The predicted octanol–water partition coefficient (Wildman–Crippen LogP) is 1.77. The highest BCUT2D eigenvalue weighted by Crippen LogP contribution is 2.29. The molecule has 102 valence electrons. The molecule has 0 fully saturated rings. The van der Waals surface area contributed by atoms with E-state index in [2.05, 4.69) is 26.6 Å². The number of rotatable bonds is 1. The maximum Gasteiger partial charge on any atom is 0.426 e. The van der Waals surface area contributed by atoms with Crippen LogP contribution in [0.15, 0.2) is 22.9 Å². The number of alkyl halides is 3. The summed E-state index contributed by atoms with van der Waals surface area (Å²) < 4.78 is 47.3.